The van der Waals surface area contributed by atoms with Crippen molar-refractivity contribution in [3.8, 4) is 0 Å². The van der Waals surface area contributed by atoms with Crippen LogP contribution in [0.3, 0.4) is 0 Å². The number of ether oxygens (including phenoxy) is 1. The van der Waals surface area contributed by atoms with Gasteiger partial charge in [0, 0.05) is 5.92 Å². The molecule has 3 rings (SSSR count). The first kappa shape index (κ1) is 8.53. The van der Waals surface area contributed by atoms with E-state index in [4.69, 9.17) is 9.84 Å². The molecular formula is C12H10O3. The zero-order valence-electron chi connectivity index (χ0n) is 8.01. The number of hydrogen-bond donors (Lipinski definition) is 1. The van der Waals surface area contributed by atoms with Crippen LogP contribution in [0.5, 0.6) is 0 Å². The summed E-state index contributed by atoms with van der Waals surface area (Å²) in [5.41, 5.74) is 2.68. The molecule has 15 heavy (non-hydrogen) atoms. The van der Waals surface area contributed by atoms with Crippen molar-refractivity contribution in [2.24, 2.45) is 5.92 Å². The van der Waals surface area contributed by atoms with Gasteiger partial charge < -0.3 is 9.84 Å². The summed E-state index contributed by atoms with van der Waals surface area (Å²) in [6.07, 6.45) is 1.48. The van der Waals surface area contributed by atoms with Gasteiger partial charge in [0.05, 0.1) is 11.8 Å². The fourth-order valence-corrected chi connectivity index (χ4v) is 2.46. The molecule has 0 amide bonds. The fraction of sp³-hybridized carbons (Fsp3) is 0.250. The van der Waals surface area contributed by atoms with Gasteiger partial charge in [0.2, 0.25) is 0 Å². The van der Waals surface area contributed by atoms with Crippen LogP contribution < -0.4 is 0 Å². The normalized spacial score (nSPS) is 30.1. The summed E-state index contributed by atoms with van der Waals surface area (Å²) in [5.74, 6) is -0.387. The van der Waals surface area contributed by atoms with Crippen molar-refractivity contribution in [2.45, 2.75) is 12.5 Å². The van der Waals surface area contributed by atoms with E-state index in [0.717, 1.165) is 18.2 Å². The molecule has 1 aliphatic carbocycles. The van der Waals surface area contributed by atoms with Gasteiger partial charge in [-0.15, -0.1) is 0 Å². The Morgan fingerprint density at radius 1 is 1.40 bits per heavy atom. The molecule has 1 aromatic carbocycles. The predicted octanol–water partition coefficient (Wildman–Crippen LogP) is 1.90. The number of aliphatic hydroxyl groups excluding tert-OH is 1. The lowest BCUT2D eigenvalue weighted by atomic mass is 9.98. The van der Waals surface area contributed by atoms with E-state index in [9.17, 15) is 4.79 Å². The van der Waals surface area contributed by atoms with Crippen LogP contribution in [-0.4, -0.2) is 11.1 Å². The van der Waals surface area contributed by atoms with E-state index in [-0.39, 0.29) is 18.0 Å². The number of esters is 1. The van der Waals surface area contributed by atoms with Gasteiger partial charge in [0.1, 0.15) is 6.10 Å². The fourth-order valence-electron chi connectivity index (χ4n) is 2.46. The first-order chi connectivity index (χ1) is 7.31. The lowest BCUT2D eigenvalue weighted by Crippen LogP contribution is -2.03. The van der Waals surface area contributed by atoms with Gasteiger partial charge in [0.15, 0.2) is 0 Å². The van der Waals surface area contributed by atoms with Crippen LogP contribution in [0.2, 0.25) is 0 Å². The second kappa shape index (κ2) is 2.86. The molecule has 3 heteroatoms. The smallest absolute Gasteiger partial charge is 0.338 e. The quantitative estimate of drug-likeness (QED) is 0.397. The Balaban J connectivity index is 2.08. The number of aliphatic hydroxyl groups is 1. The first-order valence-corrected chi connectivity index (χ1v) is 4.94. The first-order valence-electron chi connectivity index (χ1n) is 4.94. The number of carbonyl (C=O) groups is 1. The molecule has 76 valence electrons. The summed E-state index contributed by atoms with van der Waals surface area (Å²) in [6.45, 7) is 0. The molecule has 2 atom stereocenters. The van der Waals surface area contributed by atoms with Crippen LogP contribution in [0.1, 0.15) is 17.2 Å². The molecular weight excluding hydrogens is 192 g/mol. The molecule has 0 saturated carbocycles. The maximum absolute atomic E-state index is 11.4. The lowest BCUT2D eigenvalue weighted by Gasteiger charge is -2.07. The van der Waals surface area contributed by atoms with Gasteiger partial charge in [-0.2, -0.15) is 0 Å². The molecule has 0 aromatic heterocycles. The van der Waals surface area contributed by atoms with Crippen LogP contribution >= 0.6 is 0 Å². The van der Waals surface area contributed by atoms with E-state index in [1.165, 1.54) is 5.56 Å². The topological polar surface area (TPSA) is 46.5 Å². The van der Waals surface area contributed by atoms with Crippen LogP contribution in [0.4, 0.5) is 0 Å². The van der Waals surface area contributed by atoms with Crippen molar-refractivity contribution >= 4 is 5.97 Å². The number of hydrogen-bond acceptors (Lipinski definition) is 3. The average Bonchev–Trinajstić information content (AvgIpc) is 2.72. The van der Waals surface area contributed by atoms with Crippen LogP contribution in [-0.2, 0) is 16.0 Å². The van der Waals surface area contributed by atoms with E-state index in [0.29, 0.717) is 5.57 Å². The molecule has 1 fully saturated rings. The predicted molar refractivity (Wildman–Crippen MR) is 53.2 cm³/mol. The van der Waals surface area contributed by atoms with E-state index < -0.39 is 0 Å². The van der Waals surface area contributed by atoms with E-state index in [1.54, 1.807) is 0 Å². The van der Waals surface area contributed by atoms with Crippen molar-refractivity contribution in [2.75, 3.05) is 0 Å². The van der Waals surface area contributed by atoms with Gasteiger partial charge in [0.25, 0.3) is 0 Å². The molecule has 0 radical (unpaired) electrons. The average molecular weight is 202 g/mol. The number of fused-ring (bicyclic) bond motifs is 3. The van der Waals surface area contributed by atoms with Crippen molar-refractivity contribution in [3.05, 3.63) is 47.2 Å². The lowest BCUT2D eigenvalue weighted by molar-refractivity contribution is -0.139. The van der Waals surface area contributed by atoms with Crippen LogP contribution in [0, 0.1) is 5.92 Å². The minimum absolute atomic E-state index is 0.0000926. The van der Waals surface area contributed by atoms with Gasteiger partial charge in [-0.25, -0.2) is 4.79 Å². The van der Waals surface area contributed by atoms with E-state index in [2.05, 4.69) is 0 Å². The highest BCUT2D eigenvalue weighted by molar-refractivity contribution is 5.91. The van der Waals surface area contributed by atoms with Crippen LogP contribution in [0.25, 0.3) is 0 Å². The highest BCUT2D eigenvalue weighted by Crippen LogP contribution is 2.47. The van der Waals surface area contributed by atoms with E-state index in [1.807, 2.05) is 24.3 Å². The molecule has 3 nitrogen and oxygen atoms in total. The SMILES string of the molecule is O=C1O[C@@H]2c3ccccc3C[C@@H]2/C1=C/O. The molecule has 1 N–H and O–H groups in total. The molecule has 2 aliphatic rings. The number of carbonyl (C=O) groups excluding carboxylic acids is 1. The molecule has 1 aromatic rings. The van der Waals surface area contributed by atoms with Crippen molar-refractivity contribution < 1.29 is 14.6 Å². The maximum atomic E-state index is 11.4. The third-order valence-corrected chi connectivity index (χ3v) is 3.18. The Hall–Kier alpha value is -1.77. The van der Waals surface area contributed by atoms with Crippen molar-refractivity contribution in [1.82, 2.24) is 0 Å². The van der Waals surface area contributed by atoms with Gasteiger partial charge >= 0.3 is 5.97 Å². The number of benzene rings is 1. The van der Waals surface area contributed by atoms with Crippen LogP contribution in [0.15, 0.2) is 36.1 Å². The molecule has 0 bridgehead atoms. The maximum Gasteiger partial charge on any atom is 0.338 e. The van der Waals surface area contributed by atoms with E-state index >= 15 is 0 Å². The summed E-state index contributed by atoms with van der Waals surface area (Å²) in [7, 11) is 0. The summed E-state index contributed by atoms with van der Waals surface area (Å²) < 4.78 is 5.25. The molecule has 1 saturated heterocycles. The van der Waals surface area contributed by atoms with Gasteiger partial charge in [-0.1, -0.05) is 24.3 Å². The molecule has 1 heterocycles. The summed E-state index contributed by atoms with van der Waals surface area (Å²) in [4.78, 5) is 11.4. The summed E-state index contributed by atoms with van der Waals surface area (Å²) in [5, 5.41) is 9.00. The van der Waals surface area contributed by atoms with Gasteiger partial charge in [-0.3, -0.25) is 0 Å². The monoisotopic (exact) mass is 202 g/mol. The standard InChI is InChI=1S/C12H10O3/c13-6-10-9-5-7-3-1-2-4-8(7)11(9)15-12(10)14/h1-4,6,9,11,13H,5H2/b10-6-/t9-,11-/m1/s1. The zero-order valence-corrected chi connectivity index (χ0v) is 8.01. The highest BCUT2D eigenvalue weighted by Gasteiger charge is 2.45. The van der Waals surface area contributed by atoms with Gasteiger partial charge in [-0.05, 0) is 17.5 Å². The summed E-state index contributed by atoms with van der Waals surface area (Å²) >= 11 is 0. The third kappa shape index (κ3) is 1.03. The Kier molecular flexibility index (Phi) is 1.63. The second-order valence-electron chi connectivity index (χ2n) is 3.92. The summed E-state index contributed by atoms with van der Waals surface area (Å²) in [6, 6.07) is 7.93. The minimum Gasteiger partial charge on any atom is -0.515 e. The Morgan fingerprint density at radius 3 is 3.00 bits per heavy atom. The highest BCUT2D eigenvalue weighted by atomic mass is 16.6. The molecule has 0 unspecified atom stereocenters. The Morgan fingerprint density at radius 2 is 2.20 bits per heavy atom. The van der Waals surface area contributed by atoms with Crippen molar-refractivity contribution in [3.63, 3.8) is 0 Å². The third-order valence-electron chi connectivity index (χ3n) is 3.18. The minimum atomic E-state index is -0.387. The Bertz CT molecular complexity index is 462. The Labute approximate surface area is 87.0 Å². The molecule has 0 spiro atoms. The second-order valence-corrected chi connectivity index (χ2v) is 3.92. The largest absolute Gasteiger partial charge is 0.515 e. The van der Waals surface area contributed by atoms with Crippen molar-refractivity contribution in [1.29, 1.82) is 0 Å². The zero-order chi connectivity index (χ0) is 10.4. The molecule has 1 aliphatic heterocycles. The number of rotatable bonds is 0.